The fraction of sp³-hybridized carbons (Fsp3) is 0.800. The number of likely N-dealkylation sites (tertiary alicyclic amines) is 1. The Morgan fingerprint density at radius 1 is 1.60 bits per heavy atom. The zero-order chi connectivity index (χ0) is 10.8. The van der Waals surface area contributed by atoms with E-state index in [4.69, 9.17) is 0 Å². The lowest BCUT2D eigenvalue weighted by Gasteiger charge is -2.33. The summed E-state index contributed by atoms with van der Waals surface area (Å²) in [5.41, 5.74) is 0. The fourth-order valence-electron chi connectivity index (χ4n) is 2.01. The maximum absolute atomic E-state index is 4.25. The molecule has 2 unspecified atom stereocenters. The second kappa shape index (κ2) is 4.61. The van der Waals surface area contributed by atoms with E-state index < -0.39 is 0 Å². The van der Waals surface area contributed by atoms with Gasteiger partial charge in [0.05, 0.1) is 6.54 Å². The number of aromatic nitrogens is 3. The summed E-state index contributed by atoms with van der Waals surface area (Å²) >= 11 is 3.71. The normalized spacial score (nSPS) is 28.2. The third-order valence-electron chi connectivity index (χ3n) is 3.05. The van der Waals surface area contributed by atoms with Crippen LogP contribution in [0.3, 0.4) is 0 Å². The van der Waals surface area contributed by atoms with Gasteiger partial charge in [0.1, 0.15) is 12.2 Å². The predicted octanol–water partition coefficient (Wildman–Crippen LogP) is 1.42. The third kappa shape index (κ3) is 2.58. The largest absolute Gasteiger partial charge is 0.296 e. The minimum atomic E-state index is 0.674. The maximum atomic E-state index is 4.25. The predicted molar refractivity (Wildman–Crippen MR) is 62.8 cm³/mol. The van der Waals surface area contributed by atoms with Gasteiger partial charge in [-0.25, -0.2) is 4.98 Å². The summed E-state index contributed by atoms with van der Waals surface area (Å²) < 4.78 is 1.85. The first-order valence-electron chi connectivity index (χ1n) is 5.36. The zero-order valence-corrected chi connectivity index (χ0v) is 10.8. The van der Waals surface area contributed by atoms with Crippen molar-refractivity contribution in [1.29, 1.82) is 0 Å². The average molecular weight is 273 g/mol. The van der Waals surface area contributed by atoms with Crippen LogP contribution in [0.1, 0.15) is 19.2 Å². The number of hydrogen-bond acceptors (Lipinski definition) is 3. The first-order chi connectivity index (χ1) is 7.16. The number of alkyl halides is 1. The molecule has 1 saturated heterocycles. The maximum Gasteiger partial charge on any atom is 0.140 e. The van der Waals surface area contributed by atoms with Gasteiger partial charge in [-0.3, -0.25) is 9.58 Å². The molecule has 1 aromatic heterocycles. The van der Waals surface area contributed by atoms with Crippen LogP contribution in [0.15, 0.2) is 6.33 Å². The molecule has 2 rings (SSSR count). The average Bonchev–Trinajstić information content (AvgIpc) is 2.59. The van der Waals surface area contributed by atoms with Gasteiger partial charge in [0.2, 0.25) is 0 Å². The van der Waals surface area contributed by atoms with Crippen LogP contribution in [0.25, 0.3) is 0 Å². The Morgan fingerprint density at radius 3 is 3.00 bits per heavy atom. The molecule has 0 N–H and O–H groups in total. The highest BCUT2D eigenvalue weighted by Crippen LogP contribution is 2.23. The summed E-state index contributed by atoms with van der Waals surface area (Å²) in [4.78, 5) is 7.38. The monoisotopic (exact) mass is 272 g/mol. The van der Waals surface area contributed by atoms with E-state index in [0.717, 1.165) is 25.5 Å². The molecule has 2 heterocycles. The molecule has 0 bridgehead atoms. The standard InChI is InChI=1S/C10H17BrN4/c1-8-5-15(4-3-9(8)11)6-10-12-7-13-14(10)2/h7-9H,3-6H2,1-2H3. The smallest absolute Gasteiger partial charge is 0.140 e. The highest BCUT2D eigenvalue weighted by atomic mass is 79.9. The SMILES string of the molecule is CC1CN(Cc2ncnn2C)CCC1Br. The molecule has 0 aliphatic carbocycles. The Morgan fingerprint density at radius 2 is 2.40 bits per heavy atom. The zero-order valence-electron chi connectivity index (χ0n) is 9.23. The van der Waals surface area contributed by atoms with Crippen molar-refractivity contribution in [3.8, 4) is 0 Å². The molecule has 0 spiro atoms. The lowest BCUT2D eigenvalue weighted by molar-refractivity contribution is 0.177. The first kappa shape index (κ1) is 11.1. The van der Waals surface area contributed by atoms with Crippen LogP contribution in [0.2, 0.25) is 0 Å². The Labute approximate surface area is 98.8 Å². The van der Waals surface area contributed by atoms with Gasteiger partial charge in [-0.05, 0) is 18.9 Å². The van der Waals surface area contributed by atoms with Crippen LogP contribution in [0.4, 0.5) is 0 Å². The quantitative estimate of drug-likeness (QED) is 0.764. The van der Waals surface area contributed by atoms with E-state index >= 15 is 0 Å². The van der Waals surface area contributed by atoms with Crippen molar-refractivity contribution >= 4 is 15.9 Å². The topological polar surface area (TPSA) is 34.0 Å². The van der Waals surface area contributed by atoms with Crippen molar-refractivity contribution in [2.45, 2.75) is 24.7 Å². The molecule has 2 atom stereocenters. The van der Waals surface area contributed by atoms with Crippen molar-refractivity contribution in [3.63, 3.8) is 0 Å². The molecular formula is C10H17BrN4. The number of piperidine rings is 1. The number of rotatable bonds is 2. The van der Waals surface area contributed by atoms with Crippen molar-refractivity contribution in [1.82, 2.24) is 19.7 Å². The molecule has 1 aromatic rings. The number of hydrogen-bond donors (Lipinski definition) is 0. The van der Waals surface area contributed by atoms with Crippen molar-refractivity contribution in [2.24, 2.45) is 13.0 Å². The Hall–Kier alpha value is -0.420. The lowest BCUT2D eigenvalue weighted by Crippen LogP contribution is -2.39. The Balaban J connectivity index is 1.94. The van der Waals surface area contributed by atoms with Gasteiger partial charge in [-0.2, -0.15) is 5.10 Å². The summed E-state index contributed by atoms with van der Waals surface area (Å²) in [6, 6.07) is 0. The number of nitrogens with zero attached hydrogens (tertiary/aromatic N) is 4. The molecule has 5 heteroatoms. The van der Waals surface area contributed by atoms with Gasteiger partial charge in [0.15, 0.2) is 0 Å². The van der Waals surface area contributed by atoms with Gasteiger partial charge in [-0.1, -0.05) is 22.9 Å². The molecule has 4 nitrogen and oxygen atoms in total. The molecule has 15 heavy (non-hydrogen) atoms. The molecule has 0 saturated carbocycles. The molecular weight excluding hydrogens is 256 g/mol. The van der Waals surface area contributed by atoms with Crippen molar-refractivity contribution in [3.05, 3.63) is 12.2 Å². The van der Waals surface area contributed by atoms with E-state index in [1.165, 1.54) is 6.42 Å². The van der Waals surface area contributed by atoms with Crippen LogP contribution in [-0.4, -0.2) is 37.6 Å². The first-order valence-corrected chi connectivity index (χ1v) is 6.27. The van der Waals surface area contributed by atoms with E-state index in [1.54, 1.807) is 6.33 Å². The summed E-state index contributed by atoms with van der Waals surface area (Å²) in [5, 5.41) is 4.09. The number of aryl methyl sites for hydroxylation is 1. The summed E-state index contributed by atoms with van der Waals surface area (Å²) in [7, 11) is 1.95. The molecule has 0 amide bonds. The highest BCUT2D eigenvalue weighted by molar-refractivity contribution is 9.09. The molecule has 1 aliphatic heterocycles. The number of halogens is 1. The third-order valence-corrected chi connectivity index (χ3v) is 4.42. The van der Waals surface area contributed by atoms with Gasteiger partial charge in [0.25, 0.3) is 0 Å². The van der Waals surface area contributed by atoms with Crippen molar-refractivity contribution in [2.75, 3.05) is 13.1 Å². The fourth-order valence-corrected chi connectivity index (χ4v) is 2.38. The second-order valence-corrected chi connectivity index (χ2v) is 5.49. The second-order valence-electron chi connectivity index (χ2n) is 4.32. The van der Waals surface area contributed by atoms with Crippen LogP contribution in [0, 0.1) is 5.92 Å². The van der Waals surface area contributed by atoms with Gasteiger partial charge in [-0.15, -0.1) is 0 Å². The summed E-state index contributed by atoms with van der Waals surface area (Å²) in [5.74, 6) is 1.77. The van der Waals surface area contributed by atoms with E-state index in [-0.39, 0.29) is 0 Å². The molecule has 1 aliphatic rings. The van der Waals surface area contributed by atoms with Gasteiger partial charge in [0, 0.05) is 18.4 Å². The lowest BCUT2D eigenvalue weighted by atomic mass is 10.0. The van der Waals surface area contributed by atoms with Crippen molar-refractivity contribution < 1.29 is 0 Å². The minimum absolute atomic E-state index is 0.674. The van der Waals surface area contributed by atoms with Crippen LogP contribution in [0.5, 0.6) is 0 Å². The Bertz CT molecular complexity index is 325. The molecule has 0 radical (unpaired) electrons. The molecule has 84 valence electrons. The Kier molecular flexibility index (Phi) is 3.41. The summed E-state index contributed by atoms with van der Waals surface area (Å²) in [6.45, 7) is 5.50. The van der Waals surface area contributed by atoms with Crippen LogP contribution in [-0.2, 0) is 13.6 Å². The highest BCUT2D eigenvalue weighted by Gasteiger charge is 2.24. The van der Waals surface area contributed by atoms with E-state index in [2.05, 4.69) is 37.8 Å². The van der Waals surface area contributed by atoms with E-state index in [9.17, 15) is 0 Å². The summed E-state index contributed by atoms with van der Waals surface area (Å²) in [6.07, 6.45) is 2.84. The molecule has 0 aromatic carbocycles. The van der Waals surface area contributed by atoms with Crippen LogP contribution < -0.4 is 0 Å². The van der Waals surface area contributed by atoms with E-state index in [0.29, 0.717) is 10.7 Å². The van der Waals surface area contributed by atoms with E-state index in [1.807, 2.05) is 11.7 Å². The van der Waals surface area contributed by atoms with Gasteiger partial charge >= 0.3 is 0 Å². The molecule has 1 fully saturated rings. The van der Waals surface area contributed by atoms with Crippen LogP contribution >= 0.6 is 15.9 Å². The minimum Gasteiger partial charge on any atom is -0.296 e. The van der Waals surface area contributed by atoms with Gasteiger partial charge < -0.3 is 0 Å².